The van der Waals surface area contributed by atoms with Crippen molar-refractivity contribution < 1.29 is 8.42 Å². The van der Waals surface area contributed by atoms with Crippen LogP contribution in [-0.2, 0) is 9.84 Å². The fourth-order valence-corrected chi connectivity index (χ4v) is 2.86. The number of sulfone groups is 1. The molecule has 0 fully saturated rings. The lowest BCUT2D eigenvalue weighted by atomic mass is 10.1. The van der Waals surface area contributed by atoms with Crippen LogP contribution in [-0.4, -0.2) is 19.7 Å². The molecule has 0 aliphatic rings. The molecule has 17 heavy (non-hydrogen) atoms. The second-order valence-corrected chi connectivity index (χ2v) is 6.56. The van der Waals surface area contributed by atoms with Crippen molar-refractivity contribution in [3.8, 4) is 11.1 Å². The maximum atomic E-state index is 11.7. The minimum Gasteiger partial charge on any atom is -0.263 e. The maximum Gasteiger partial charge on any atom is 0.176 e. The third-order valence-electron chi connectivity index (χ3n) is 2.30. The Balaban J connectivity index is 2.69. The van der Waals surface area contributed by atoms with Gasteiger partial charge in [-0.15, -0.1) is 0 Å². The molecule has 5 heteroatoms. The molecule has 0 radical (unpaired) electrons. The van der Waals surface area contributed by atoms with Gasteiger partial charge in [-0.25, -0.2) is 8.42 Å². The molecule has 0 N–H and O–H groups in total. The lowest BCUT2D eigenvalue weighted by Crippen LogP contribution is -1.99. The number of aromatic nitrogens is 1. The maximum absolute atomic E-state index is 11.7. The number of halogens is 1. The van der Waals surface area contributed by atoms with Gasteiger partial charge in [0.05, 0.1) is 4.90 Å². The summed E-state index contributed by atoms with van der Waals surface area (Å²) < 4.78 is 24.2. The quantitative estimate of drug-likeness (QED) is 0.856. The van der Waals surface area contributed by atoms with E-state index in [2.05, 4.69) is 20.9 Å². The summed E-state index contributed by atoms with van der Waals surface area (Å²) in [6.45, 7) is 0. The van der Waals surface area contributed by atoms with E-state index in [9.17, 15) is 8.42 Å². The Morgan fingerprint density at radius 3 is 2.53 bits per heavy atom. The Morgan fingerprint density at radius 2 is 1.88 bits per heavy atom. The van der Waals surface area contributed by atoms with Crippen molar-refractivity contribution in [3.63, 3.8) is 0 Å². The van der Waals surface area contributed by atoms with E-state index in [0.717, 1.165) is 10.0 Å². The van der Waals surface area contributed by atoms with Crippen molar-refractivity contribution in [2.24, 2.45) is 0 Å². The molecule has 0 spiro atoms. The molecule has 1 aromatic carbocycles. The summed E-state index contributed by atoms with van der Waals surface area (Å²) in [5.41, 5.74) is 1.45. The van der Waals surface area contributed by atoms with Gasteiger partial charge in [0.25, 0.3) is 0 Å². The van der Waals surface area contributed by atoms with Gasteiger partial charge in [-0.05, 0) is 28.1 Å². The number of nitrogens with zero attached hydrogens (tertiary/aromatic N) is 1. The van der Waals surface area contributed by atoms with Crippen LogP contribution in [0.3, 0.4) is 0 Å². The molecular weight excluding hydrogens is 302 g/mol. The van der Waals surface area contributed by atoms with E-state index in [-0.39, 0.29) is 0 Å². The first kappa shape index (κ1) is 12.3. The molecule has 0 unspecified atom stereocenters. The van der Waals surface area contributed by atoms with Crippen LogP contribution < -0.4 is 0 Å². The molecule has 1 heterocycles. The van der Waals surface area contributed by atoms with Gasteiger partial charge in [0, 0.05) is 34.2 Å². The highest BCUT2D eigenvalue weighted by atomic mass is 79.9. The number of pyridine rings is 1. The summed E-state index contributed by atoms with van der Waals surface area (Å²) in [5.74, 6) is 0. The van der Waals surface area contributed by atoms with Crippen molar-refractivity contribution in [2.45, 2.75) is 4.90 Å². The van der Waals surface area contributed by atoms with Crippen LogP contribution in [0.2, 0.25) is 0 Å². The highest BCUT2D eigenvalue weighted by Gasteiger charge is 2.13. The summed E-state index contributed by atoms with van der Waals surface area (Å²) in [6.07, 6.45) is 4.51. The first-order valence-electron chi connectivity index (χ1n) is 4.88. The van der Waals surface area contributed by atoms with Crippen molar-refractivity contribution in [2.75, 3.05) is 6.26 Å². The van der Waals surface area contributed by atoms with Crippen molar-refractivity contribution in [1.82, 2.24) is 4.98 Å². The van der Waals surface area contributed by atoms with E-state index in [4.69, 9.17) is 0 Å². The third kappa shape index (κ3) is 2.73. The zero-order chi connectivity index (χ0) is 12.5. The highest BCUT2D eigenvalue weighted by Crippen LogP contribution is 2.28. The minimum atomic E-state index is -3.24. The van der Waals surface area contributed by atoms with Gasteiger partial charge in [-0.1, -0.05) is 18.2 Å². The number of rotatable bonds is 2. The Bertz CT molecular complexity index is 653. The first-order valence-corrected chi connectivity index (χ1v) is 7.57. The average Bonchev–Trinajstić information content (AvgIpc) is 2.28. The second kappa shape index (κ2) is 4.58. The predicted octanol–water partition coefficient (Wildman–Crippen LogP) is 2.91. The predicted molar refractivity (Wildman–Crippen MR) is 70.5 cm³/mol. The number of hydrogen-bond acceptors (Lipinski definition) is 3. The van der Waals surface area contributed by atoms with Gasteiger partial charge in [-0.3, -0.25) is 4.98 Å². The van der Waals surface area contributed by atoms with Crippen molar-refractivity contribution >= 4 is 25.8 Å². The molecule has 2 aromatic rings. The molecule has 0 aliphatic heterocycles. The van der Waals surface area contributed by atoms with Crippen LogP contribution >= 0.6 is 15.9 Å². The molecular formula is C12H10BrNO2S. The lowest BCUT2D eigenvalue weighted by Gasteiger charge is -2.07. The van der Waals surface area contributed by atoms with Gasteiger partial charge < -0.3 is 0 Å². The summed E-state index contributed by atoms with van der Waals surface area (Å²) in [4.78, 5) is 4.36. The van der Waals surface area contributed by atoms with Crippen LogP contribution in [0.15, 0.2) is 52.1 Å². The van der Waals surface area contributed by atoms with Crippen molar-refractivity contribution in [3.05, 3.63) is 47.2 Å². The summed E-state index contributed by atoms with van der Waals surface area (Å²) in [7, 11) is -3.24. The Morgan fingerprint density at radius 1 is 1.18 bits per heavy atom. The van der Waals surface area contributed by atoms with E-state index in [1.165, 1.54) is 6.26 Å². The van der Waals surface area contributed by atoms with E-state index in [1.54, 1.807) is 30.6 Å². The van der Waals surface area contributed by atoms with Crippen LogP contribution in [0.1, 0.15) is 0 Å². The molecule has 0 saturated heterocycles. The van der Waals surface area contributed by atoms with Gasteiger partial charge >= 0.3 is 0 Å². The van der Waals surface area contributed by atoms with Crippen molar-refractivity contribution in [1.29, 1.82) is 0 Å². The molecule has 0 amide bonds. The monoisotopic (exact) mass is 311 g/mol. The van der Waals surface area contributed by atoms with Gasteiger partial charge in [-0.2, -0.15) is 0 Å². The van der Waals surface area contributed by atoms with Crippen LogP contribution in [0.5, 0.6) is 0 Å². The highest BCUT2D eigenvalue weighted by molar-refractivity contribution is 9.10. The summed E-state index contributed by atoms with van der Waals surface area (Å²) in [5, 5.41) is 0. The van der Waals surface area contributed by atoms with Gasteiger partial charge in [0.2, 0.25) is 0 Å². The fourth-order valence-electron chi connectivity index (χ4n) is 1.59. The zero-order valence-corrected chi connectivity index (χ0v) is 11.5. The molecule has 0 aliphatic carbocycles. The smallest absolute Gasteiger partial charge is 0.176 e. The van der Waals surface area contributed by atoms with Crippen LogP contribution in [0.4, 0.5) is 0 Å². The molecule has 0 atom stereocenters. The standard InChI is InChI=1S/C12H10BrNO2S/c1-17(15,16)12-5-3-2-4-11(12)9-6-10(13)8-14-7-9/h2-8H,1H3. The van der Waals surface area contributed by atoms with Crippen LogP contribution in [0, 0.1) is 0 Å². The second-order valence-electron chi connectivity index (χ2n) is 3.66. The molecule has 3 nitrogen and oxygen atoms in total. The van der Waals surface area contributed by atoms with E-state index in [1.807, 2.05) is 12.1 Å². The van der Waals surface area contributed by atoms with Crippen LogP contribution in [0.25, 0.3) is 11.1 Å². The first-order chi connectivity index (χ1) is 7.98. The third-order valence-corrected chi connectivity index (χ3v) is 3.89. The van der Waals surface area contributed by atoms with E-state index >= 15 is 0 Å². The van der Waals surface area contributed by atoms with E-state index in [0.29, 0.717) is 10.5 Å². The normalized spacial score (nSPS) is 11.4. The molecule has 1 aromatic heterocycles. The van der Waals surface area contributed by atoms with Gasteiger partial charge in [0.1, 0.15) is 0 Å². The largest absolute Gasteiger partial charge is 0.263 e. The molecule has 0 saturated carbocycles. The zero-order valence-electron chi connectivity index (χ0n) is 9.09. The van der Waals surface area contributed by atoms with E-state index < -0.39 is 9.84 Å². The lowest BCUT2D eigenvalue weighted by molar-refractivity contribution is 0.602. The summed E-state index contributed by atoms with van der Waals surface area (Å²) in [6, 6.07) is 8.75. The number of hydrogen-bond donors (Lipinski definition) is 0. The molecule has 2 rings (SSSR count). The Labute approximate surface area is 109 Å². The average molecular weight is 312 g/mol. The molecule has 88 valence electrons. The summed E-state index contributed by atoms with van der Waals surface area (Å²) >= 11 is 3.32. The number of benzene rings is 1. The Hall–Kier alpha value is -1.20. The SMILES string of the molecule is CS(=O)(=O)c1ccccc1-c1cncc(Br)c1. The topological polar surface area (TPSA) is 47.0 Å². The Kier molecular flexibility index (Phi) is 3.31. The van der Waals surface area contributed by atoms with Gasteiger partial charge in [0.15, 0.2) is 9.84 Å². The molecule has 0 bridgehead atoms. The fraction of sp³-hybridized carbons (Fsp3) is 0.0833. The minimum absolute atomic E-state index is 0.319.